The van der Waals surface area contributed by atoms with Crippen LogP contribution in [-0.4, -0.2) is 37.0 Å². The number of carbonyl (C=O) groups excluding carboxylic acids is 1. The summed E-state index contributed by atoms with van der Waals surface area (Å²) in [5, 5.41) is 3.62. The molecule has 0 saturated carbocycles. The Bertz CT molecular complexity index is 436. The van der Waals surface area contributed by atoms with E-state index in [-0.39, 0.29) is 5.91 Å². The summed E-state index contributed by atoms with van der Waals surface area (Å²) in [4.78, 5) is 14.4. The lowest BCUT2D eigenvalue weighted by atomic mass is 9.92. The molecule has 0 bridgehead atoms. The lowest BCUT2D eigenvalue weighted by Crippen LogP contribution is -2.42. The Morgan fingerprint density at radius 1 is 1.25 bits per heavy atom. The van der Waals surface area contributed by atoms with Crippen LogP contribution < -0.4 is 5.32 Å². The second-order valence-corrected chi connectivity index (χ2v) is 6.40. The first-order valence-corrected chi connectivity index (χ1v) is 7.68. The maximum absolute atomic E-state index is 12.0. The van der Waals surface area contributed by atoms with E-state index in [1.54, 1.807) is 24.3 Å². The number of piperidine rings is 1. The van der Waals surface area contributed by atoms with Gasteiger partial charge in [0.15, 0.2) is 0 Å². The molecule has 1 heterocycles. The zero-order valence-electron chi connectivity index (χ0n) is 12.2. The summed E-state index contributed by atoms with van der Waals surface area (Å²) in [5.74, 6) is 1.48. The van der Waals surface area contributed by atoms with Crippen molar-refractivity contribution < 1.29 is 4.79 Å². The highest BCUT2D eigenvalue weighted by Gasteiger charge is 2.21. The molecule has 3 nitrogen and oxygen atoms in total. The molecule has 0 spiro atoms. The third-order valence-electron chi connectivity index (χ3n) is 3.76. The van der Waals surface area contributed by atoms with Crippen molar-refractivity contribution in [2.45, 2.75) is 20.3 Å². The fraction of sp³-hybridized carbons (Fsp3) is 0.562. The van der Waals surface area contributed by atoms with Crippen molar-refractivity contribution in [3.63, 3.8) is 0 Å². The van der Waals surface area contributed by atoms with Gasteiger partial charge < -0.3 is 10.2 Å². The molecule has 1 aromatic rings. The summed E-state index contributed by atoms with van der Waals surface area (Å²) in [6.07, 6.45) is 1.31. The standard InChI is InChI=1S/C16H23ClN2O/c1-12-9-13(2)11-19(10-12)8-7-18-16(20)14-3-5-15(17)6-4-14/h3-6,12-13H,7-11H2,1-2H3,(H,18,20)/t12-,13+. The number of nitrogens with zero attached hydrogens (tertiary/aromatic N) is 1. The normalized spacial score (nSPS) is 23.6. The van der Waals surface area contributed by atoms with Gasteiger partial charge >= 0.3 is 0 Å². The first-order chi connectivity index (χ1) is 9.54. The quantitative estimate of drug-likeness (QED) is 0.926. The zero-order chi connectivity index (χ0) is 14.5. The highest BCUT2D eigenvalue weighted by Crippen LogP contribution is 2.20. The Morgan fingerprint density at radius 2 is 1.85 bits per heavy atom. The van der Waals surface area contributed by atoms with Gasteiger partial charge in [-0.3, -0.25) is 4.79 Å². The summed E-state index contributed by atoms with van der Waals surface area (Å²) in [5.41, 5.74) is 0.662. The van der Waals surface area contributed by atoms with E-state index in [1.165, 1.54) is 6.42 Å². The molecule has 1 N–H and O–H groups in total. The van der Waals surface area contributed by atoms with Gasteiger partial charge in [-0.15, -0.1) is 0 Å². The van der Waals surface area contributed by atoms with Gasteiger partial charge in [-0.05, 0) is 42.5 Å². The van der Waals surface area contributed by atoms with E-state index in [0.717, 1.165) is 31.5 Å². The number of rotatable bonds is 4. The molecule has 1 aliphatic heterocycles. The number of carbonyl (C=O) groups is 1. The van der Waals surface area contributed by atoms with Gasteiger partial charge in [0.25, 0.3) is 5.91 Å². The third kappa shape index (κ3) is 4.50. The molecule has 1 amide bonds. The van der Waals surface area contributed by atoms with Crippen LogP contribution in [0.5, 0.6) is 0 Å². The first-order valence-electron chi connectivity index (χ1n) is 7.30. The second-order valence-electron chi connectivity index (χ2n) is 5.97. The summed E-state index contributed by atoms with van der Waals surface area (Å²) in [6, 6.07) is 6.99. The number of benzene rings is 1. The lowest BCUT2D eigenvalue weighted by molar-refractivity contribution is 0.0936. The number of hydrogen-bond donors (Lipinski definition) is 1. The first kappa shape index (κ1) is 15.3. The van der Waals surface area contributed by atoms with Gasteiger partial charge in [0.2, 0.25) is 0 Å². The number of amides is 1. The smallest absolute Gasteiger partial charge is 0.251 e. The second kappa shape index (κ2) is 7.09. The molecule has 110 valence electrons. The van der Waals surface area contributed by atoms with E-state index in [9.17, 15) is 4.79 Å². The summed E-state index contributed by atoms with van der Waals surface area (Å²) < 4.78 is 0. The monoisotopic (exact) mass is 294 g/mol. The molecule has 0 radical (unpaired) electrons. The van der Waals surface area contributed by atoms with Gasteiger partial charge in [0.1, 0.15) is 0 Å². The van der Waals surface area contributed by atoms with Crippen molar-refractivity contribution >= 4 is 17.5 Å². The fourth-order valence-electron chi connectivity index (χ4n) is 3.01. The van der Waals surface area contributed by atoms with Crippen LogP contribution >= 0.6 is 11.6 Å². The van der Waals surface area contributed by atoms with Crippen molar-refractivity contribution in [3.05, 3.63) is 34.9 Å². The molecule has 1 aromatic carbocycles. The van der Waals surface area contributed by atoms with Gasteiger partial charge in [0.05, 0.1) is 0 Å². The van der Waals surface area contributed by atoms with Crippen LogP contribution in [0.15, 0.2) is 24.3 Å². The topological polar surface area (TPSA) is 32.3 Å². The fourth-order valence-corrected chi connectivity index (χ4v) is 3.13. The van der Waals surface area contributed by atoms with E-state index in [1.807, 2.05) is 0 Å². The van der Waals surface area contributed by atoms with Crippen molar-refractivity contribution in [2.75, 3.05) is 26.2 Å². The van der Waals surface area contributed by atoms with Crippen LogP contribution in [-0.2, 0) is 0 Å². The molecule has 0 unspecified atom stereocenters. The third-order valence-corrected chi connectivity index (χ3v) is 4.02. The van der Waals surface area contributed by atoms with Crippen molar-refractivity contribution in [3.8, 4) is 0 Å². The molecule has 2 atom stereocenters. The van der Waals surface area contributed by atoms with Gasteiger partial charge in [0, 0.05) is 36.8 Å². The SMILES string of the molecule is C[C@@H]1C[C@H](C)CN(CCNC(=O)c2ccc(Cl)cc2)C1. The van der Waals surface area contributed by atoms with E-state index in [0.29, 0.717) is 17.1 Å². The molecule has 2 rings (SSSR count). The summed E-state index contributed by atoms with van der Waals surface area (Å²) >= 11 is 5.81. The Hall–Kier alpha value is -1.06. The molecule has 4 heteroatoms. The number of likely N-dealkylation sites (tertiary alicyclic amines) is 1. The predicted molar refractivity (Wildman–Crippen MR) is 83.2 cm³/mol. The minimum Gasteiger partial charge on any atom is -0.351 e. The van der Waals surface area contributed by atoms with Crippen LogP contribution in [0.4, 0.5) is 0 Å². The minimum absolute atomic E-state index is 0.0280. The van der Waals surface area contributed by atoms with Crippen LogP contribution in [0.3, 0.4) is 0 Å². The number of halogens is 1. The highest BCUT2D eigenvalue weighted by atomic mass is 35.5. The molecule has 1 aliphatic rings. The van der Waals surface area contributed by atoms with Gasteiger partial charge in [-0.25, -0.2) is 0 Å². The average molecular weight is 295 g/mol. The van der Waals surface area contributed by atoms with Gasteiger partial charge in [-0.1, -0.05) is 25.4 Å². The Balaban J connectivity index is 1.75. The van der Waals surface area contributed by atoms with Gasteiger partial charge in [-0.2, -0.15) is 0 Å². The molecule has 0 aliphatic carbocycles. The lowest BCUT2D eigenvalue weighted by Gasteiger charge is -2.34. The molecule has 20 heavy (non-hydrogen) atoms. The van der Waals surface area contributed by atoms with Crippen molar-refractivity contribution in [1.29, 1.82) is 0 Å². The van der Waals surface area contributed by atoms with Crippen LogP contribution in [0.1, 0.15) is 30.6 Å². The predicted octanol–water partition coefficient (Wildman–Crippen LogP) is 3.05. The number of nitrogens with one attached hydrogen (secondary N) is 1. The largest absolute Gasteiger partial charge is 0.351 e. The van der Waals surface area contributed by atoms with E-state index < -0.39 is 0 Å². The molecule has 1 fully saturated rings. The summed E-state index contributed by atoms with van der Waals surface area (Å²) in [7, 11) is 0. The molecular weight excluding hydrogens is 272 g/mol. The Labute approximate surface area is 126 Å². The number of hydrogen-bond acceptors (Lipinski definition) is 2. The van der Waals surface area contributed by atoms with Crippen LogP contribution in [0, 0.1) is 11.8 Å². The van der Waals surface area contributed by atoms with Crippen molar-refractivity contribution in [1.82, 2.24) is 10.2 Å². The van der Waals surface area contributed by atoms with E-state index >= 15 is 0 Å². The molecule has 0 aromatic heterocycles. The van der Waals surface area contributed by atoms with Crippen LogP contribution in [0.25, 0.3) is 0 Å². The summed E-state index contributed by atoms with van der Waals surface area (Å²) in [6.45, 7) is 8.50. The maximum Gasteiger partial charge on any atom is 0.251 e. The Morgan fingerprint density at radius 3 is 2.45 bits per heavy atom. The Kier molecular flexibility index (Phi) is 5.44. The van der Waals surface area contributed by atoms with Crippen LogP contribution in [0.2, 0.25) is 5.02 Å². The average Bonchev–Trinajstić information content (AvgIpc) is 2.38. The van der Waals surface area contributed by atoms with E-state index in [4.69, 9.17) is 11.6 Å². The molecular formula is C16H23ClN2O. The zero-order valence-corrected chi connectivity index (χ0v) is 13.0. The maximum atomic E-state index is 12.0. The van der Waals surface area contributed by atoms with E-state index in [2.05, 4.69) is 24.1 Å². The highest BCUT2D eigenvalue weighted by molar-refractivity contribution is 6.30. The minimum atomic E-state index is -0.0280. The van der Waals surface area contributed by atoms with Crippen molar-refractivity contribution in [2.24, 2.45) is 11.8 Å². The molecule has 1 saturated heterocycles.